The van der Waals surface area contributed by atoms with E-state index >= 15 is 0 Å². The smallest absolute Gasteiger partial charge is 0.0471 e. The fourth-order valence-electron chi connectivity index (χ4n) is 2.42. The topological polar surface area (TPSA) is 32.3 Å². The fourth-order valence-corrected chi connectivity index (χ4v) is 2.42. The minimum absolute atomic E-state index is 0.270. The van der Waals surface area contributed by atoms with Crippen LogP contribution in [0.2, 0.25) is 0 Å². The summed E-state index contributed by atoms with van der Waals surface area (Å²) in [6.07, 6.45) is 1.07. The standard InChI is InChI=1S/C16H27NO/c1-12(2)9-15(11-18)10-17-14(4)16-8-6-5-7-13(16)3/h5-8,12,14-15,17-18H,9-11H2,1-4H3. The molecule has 2 unspecified atom stereocenters. The number of aliphatic hydroxyl groups excluding tert-OH is 1. The largest absolute Gasteiger partial charge is 0.396 e. The predicted molar refractivity (Wildman–Crippen MR) is 77.6 cm³/mol. The second-order valence-electron chi connectivity index (χ2n) is 5.66. The lowest BCUT2D eigenvalue weighted by atomic mass is 9.96. The Morgan fingerprint density at radius 2 is 1.83 bits per heavy atom. The molecule has 2 N–H and O–H groups in total. The highest BCUT2D eigenvalue weighted by Crippen LogP contribution is 2.18. The van der Waals surface area contributed by atoms with Gasteiger partial charge in [-0.15, -0.1) is 0 Å². The van der Waals surface area contributed by atoms with Crippen molar-refractivity contribution >= 4 is 0 Å². The Bertz CT molecular complexity index is 349. The molecular formula is C16H27NO. The van der Waals surface area contributed by atoms with Crippen LogP contribution in [0.25, 0.3) is 0 Å². The molecule has 2 heteroatoms. The Hall–Kier alpha value is -0.860. The normalized spacial score (nSPS) is 14.8. The summed E-state index contributed by atoms with van der Waals surface area (Å²) in [5, 5.41) is 12.9. The molecule has 102 valence electrons. The highest BCUT2D eigenvalue weighted by atomic mass is 16.3. The van der Waals surface area contributed by atoms with Gasteiger partial charge in [0.2, 0.25) is 0 Å². The average Bonchev–Trinajstić information content (AvgIpc) is 2.34. The lowest BCUT2D eigenvalue weighted by Crippen LogP contribution is -2.28. The van der Waals surface area contributed by atoms with Crippen LogP contribution in [0.15, 0.2) is 24.3 Å². The van der Waals surface area contributed by atoms with Gasteiger partial charge in [-0.2, -0.15) is 0 Å². The number of hydrogen-bond acceptors (Lipinski definition) is 2. The van der Waals surface area contributed by atoms with E-state index in [2.05, 4.69) is 57.3 Å². The molecule has 0 heterocycles. The third-order valence-corrected chi connectivity index (χ3v) is 3.43. The van der Waals surface area contributed by atoms with Gasteiger partial charge in [-0.25, -0.2) is 0 Å². The van der Waals surface area contributed by atoms with Gasteiger partial charge in [-0.05, 0) is 43.2 Å². The van der Waals surface area contributed by atoms with Gasteiger partial charge in [0, 0.05) is 19.2 Å². The molecule has 0 spiro atoms. The van der Waals surface area contributed by atoms with E-state index in [4.69, 9.17) is 0 Å². The Balaban J connectivity index is 2.50. The molecule has 1 aromatic rings. The van der Waals surface area contributed by atoms with E-state index in [1.165, 1.54) is 11.1 Å². The van der Waals surface area contributed by atoms with E-state index in [1.54, 1.807) is 0 Å². The monoisotopic (exact) mass is 249 g/mol. The van der Waals surface area contributed by atoms with E-state index in [9.17, 15) is 5.11 Å². The van der Waals surface area contributed by atoms with Crippen LogP contribution in [0.1, 0.15) is 44.4 Å². The van der Waals surface area contributed by atoms with Crippen LogP contribution in [-0.4, -0.2) is 18.3 Å². The van der Waals surface area contributed by atoms with Gasteiger partial charge in [0.15, 0.2) is 0 Å². The molecule has 0 aliphatic carbocycles. The maximum Gasteiger partial charge on any atom is 0.0471 e. The zero-order valence-electron chi connectivity index (χ0n) is 12.1. The van der Waals surface area contributed by atoms with Crippen LogP contribution >= 0.6 is 0 Å². The molecule has 0 saturated heterocycles. The van der Waals surface area contributed by atoms with E-state index in [-0.39, 0.29) is 6.61 Å². The van der Waals surface area contributed by atoms with Crippen molar-refractivity contribution in [3.63, 3.8) is 0 Å². The van der Waals surface area contributed by atoms with Crippen molar-refractivity contribution < 1.29 is 5.11 Å². The van der Waals surface area contributed by atoms with Crippen LogP contribution in [0, 0.1) is 18.8 Å². The molecule has 1 aromatic carbocycles. The van der Waals surface area contributed by atoms with Gasteiger partial charge in [0.05, 0.1) is 0 Å². The summed E-state index contributed by atoms with van der Waals surface area (Å²) in [6.45, 7) is 9.88. The summed E-state index contributed by atoms with van der Waals surface area (Å²) in [7, 11) is 0. The number of hydrogen-bond donors (Lipinski definition) is 2. The number of nitrogens with one attached hydrogen (secondary N) is 1. The van der Waals surface area contributed by atoms with Gasteiger partial charge < -0.3 is 10.4 Å². The van der Waals surface area contributed by atoms with Crippen molar-refractivity contribution in [3.05, 3.63) is 35.4 Å². The first-order valence-electron chi connectivity index (χ1n) is 6.94. The van der Waals surface area contributed by atoms with Crippen LogP contribution in [0.5, 0.6) is 0 Å². The third-order valence-electron chi connectivity index (χ3n) is 3.43. The maximum atomic E-state index is 9.37. The summed E-state index contributed by atoms with van der Waals surface area (Å²) in [4.78, 5) is 0. The van der Waals surface area contributed by atoms with Gasteiger partial charge in [0.1, 0.15) is 0 Å². The number of aryl methyl sites for hydroxylation is 1. The SMILES string of the molecule is Cc1ccccc1C(C)NCC(CO)CC(C)C. The van der Waals surface area contributed by atoms with Crippen molar-refractivity contribution in [1.82, 2.24) is 5.32 Å². The summed E-state index contributed by atoms with van der Waals surface area (Å²) >= 11 is 0. The van der Waals surface area contributed by atoms with Gasteiger partial charge in [-0.3, -0.25) is 0 Å². The maximum absolute atomic E-state index is 9.37. The van der Waals surface area contributed by atoms with Crippen LogP contribution < -0.4 is 5.32 Å². The van der Waals surface area contributed by atoms with E-state index in [1.807, 2.05) is 0 Å². The number of rotatable bonds is 7. The van der Waals surface area contributed by atoms with E-state index in [0.29, 0.717) is 17.9 Å². The van der Waals surface area contributed by atoms with E-state index in [0.717, 1.165) is 13.0 Å². The van der Waals surface area contributed by atoms with E-state index < -0.39 is 0 Å². The molecule has 18 heavy (non-hydrogen) atoms. The second kappa shape index (κ2) is 7.55. The van der Waals surface area contributed by atoms with Crippen molar-refractivity contribution in [2.24, 2.45) is 11.8 Å². The van der Waals surface area contributed by atoms with Gasteiger partial charge in [0.25, 0.3) is 0 Å². The number of benzene rings is 1. The Morgan fingerprint density at radius 3 is 2.39 bits per heavy atom. The zero-order valence-corrected chi connectivity index (χ0v) is 12.1. The summed E-state index contributed by atoms with van der Waals surface area (Å²) < 4.78 is 0. The Kier molecular flexibility index (Phi) is 6.37. The molecule has 1 rings (SSSR count). The molecule has 0 amide bonds. The van der Waals surface area contributed by atoms with Crippen LogP contribution in [0.3, 0.4) is 0 Å². The minimum atomic E-state index is 0.270. The molecule has 0 aliphatic heterocycles. The minimum Gasteiger partial charge on any atom is -0.396 e. The Morgan fingerprint density at radius 1 is 1.17 bits per heavy atom. The average molecular weight is 249 g/mol. The van der Waals surface area contributed by atoms with Crippen molar-refractivity contribution in [2.75, 3.05) is 13.2 Å². The molecule has 0 radical (unpaired) electrons. The van der Waals surface area contributed by atoms with Crippen LogP contribution in [0.4, 0.5) is 0 Å². The van der Waals surface area contributed by atoms with Crippen LogP contribution in [-0.2, 0) is 0 Å². The first-order valence-corrected chi connectivity index (χ1v) is 6.94. The first-order chi connectivity index (χ1) is 8.54. The molecule has 0 bridgehead atoms. The molecule has 0 aliphatic rings. The highest BCUT2D eigenvalue weighted by molar-refractivity contribution is 5.28. The third kappa shape index (κ3) is 4.79. The fraction of sp³-hybridized carbons (Fsp3) is 0.625. The molecule has 0 aromatic heterocycles. The molecule has 2 nitrogen and oxygen atoms in total. The predicted octanol–water partition coefficient (Wildman–Crippen LogP) is 3.30. The molecular weight excluding hydrogens is 222 g/mol. The lowest BCUT2D eigenvalue weighted by molar-refractivity contribution is 0.199. The second-order valence-corrected chi connectivity index (χ2v) is 5.66. The quantitative estimate of drug-likeness (QED) is 0.777. The van der Waals surface area contributed by atoms with Gasteiger partial charge in [-0.1, -0.05) is 38.1 Å². The molecule has 0 saturated carbocycles. The summed E-state index contributed by atoms with van der Waals surface area (Å²) in [5.41, 5.74) is 2.67. The van der Waals surface area contributed by atoms with Crippen molar-refractivity contribution in [3.8, 4) is 0 Å². The molecule has 2 atom stereocenters. The zero-order chi connectivity index (χ0) is 13.5. The number of aliphatic hydroxyl groups is 1. The molecule has 0 fully saturated rings. The first kappa shape index (κ1) is 15.2. The summed E-state index contributed by atoms with van der Waals surface area (Å²) in [6, 6.07) is 8.81. The van der Waals surface area contributed by atoms with Gasteiger partial charge >= 0.3 is 0 Å². The summed E-state index contributed by atoms with van der Waals surface area (Å²) in [5.74, 6) is 0.995. The van der Waals surface area contributed by atoms with Crippen molar-refractivity contribution in [2.45, 2.75) is 40.2 Å². The lowest BCUT2D eigenvalue weighted by Gasteiger charge is -2.21. The van der Waals surface area contributed by atoms with Crippen molar-refractivity contribution in [1.29, 1.82) is 0 Å². The highest BCUT2D eigenvalue weighted by Gasteiger charge is 2.13. The Labute approximate surface area is 111 Å².